The van der Waals surface area contributed by atoms with Gasteiger partial charge < -0.3 is 15.2 Å². The molecule has 0 atom stereocenters. The van der Waals surface area contributed by atoms with Gasteiger partial charge in [-0.1, -0.05) is 0 Å². The first-order chi connectivity index (χ1) is 8.65. The summed E-state index contributed by atoms with van der Waals surface area (Å²) in [5.74, 6) is 2.38. The summed E-state index contributed by atoms with van der Waals surface area (Å²) in [4.78, 5) is 8.51. The predicted octanol–water partition coefficient (Wildman–Crippen LogP) is 2.05. The van der Waals surface area contributed by atoms with E-state index in [0.29, 0.717) is 17.4 Å². The van der Waals surface area contributed by atoms with Crippen molar-refractivity contribution in [2.24, 2.45) is 0 Å². The number of hydrogen-bond acceptors (Lipinski definition) is 5. The number of aryl methyl sites for hydroxylation is 1. The van der Waals surface area contributed by atoms with E-state index in [4.69, 9.17) is 15.2 Å². The molecule has 2 rings (SSSR count). The van der Waals surface area contributed by atoms with Gasteiger partial charge in [0, 0.05) is 17.8 Å². The number of methoxy groups -OCH3 is 2. The van der Waals surface area contributed by atoms with E-state index in [0.717, 1.165) is 16.9 Å². The molecule has 0 saturated heterocycles. The zero-order chi connectivity index (χ0) is 13.1. The third-order valence-electron chi connectivity index (χ3n) is 2.66. The van der Waals surface area contributed by atoms with Crippen molar-refractivity contribution in [1.82, 2.24) is 9.97 Å². The Morgan fingerprint density at radius 1 is 1.17 bits per heavy atom. The third kappa shape index (κ3) is 2.20. The molecule has 1 heterocycles. The molecule has 0 spiro atoms. The van der Waals surface area contributed by atoms with E-state index in [2.05, 4.69) is 9.97 Å². The van der Waals surface area contributed by atoms with Crippen molar-refractivity contribution in [1.29, 1.82) is 0 Å². The smallest absolute Gasteiger partial charge is 0.165 e. The fourth-order valence-corrected chi connectivity index (χ4v) is 1.57. The topological polar surface area (TPSA) is 70.3 Å². The lowest BCUT2D eigenvalue weighted by Crippen LogP contribution is -1.99. The molecule has 0 unspecified atom stereocenters. The van der Waals surface area contributed by atoms with Gasteiger partial charge in [0.1, 0.15) is 17.3 Å². The number of anilines is 1. The van der Waals surface area contributed by atoms with E-state index < -0.39 is 0 Å². The molecule has 0 aliphatic rings. The van der Waals surface area contributed by atoms with Crippen LogP contribution in [0.3, 0.4) is 0 Å². The number of ether oxygens (including phenoxy) is 2. The zero-order valence-corrected chi connectivity index (χ0v) is 10.6. The number of rotatable bonds is 3. The average molecular weight is 245 g/mol. The SMILES string of the molecule is COc1ccc(-c2ncc(C)c(N)n2)c(OC)c1. The lowest BCUT2D eigenvalue weighted by atomic mass is 10.1. The first kappa shape index (κ1) is 12.2. The molecule has 0 fully saturated rings. The lowest BCUT2D eigenvalue weighted by molar-refractivity contribution is 0.395. The maximum atomic E-state index is 5.79. The minimum Gasteiger partial charge on any atom is -0.497 e. The summed E-state index contributed by atoms with van der Waals surface area (Å²) in [6.45, 7) is 1.87. The molecule has 0 radical (unpaired) electrons. The quantitative estimate of drug-likeness (QED) is 0.896. The first-order valence-corrected chi connectivity index (χ1v) is 5.47. The van der Waals surface area contributed by atoms with Crippen LogP contribution in [0.2, 0.25) is 0 Å². The Labute approximate surface area is 106 Å². The highest BCUT2D eigenvalue weighted by atomic mass is 16.5. The summed E-state index contributed by atoms with van der Waals surface area (Å²) in [6, 6.07) is 5.47. The van der Waals surface area contributed by atoms with Crippen LogP contribution in [-0.2, 0) is 0 Å². The fraction of sp³-hybridized carbons (Fsp3) is 0.231. The summed E-state index contributed by atoms with van der Waals surface area (Å²) < 4.78 is 10.5. The molecule has 0 amide bonds. The number of benzene rings is 1. The number of hydrogen-bond donors (Lipinski definition) is 1. The summed E-state index contributed by atoms with van der Waals surface area (Å²) in [6.07, 6.45) is 1.70. The molecule has 94 valence electrons. The Kier molecular flexibility index (Phi) is 3.32. The largest absolute Gasteiger partial charge is 0.497 e. The van der Waals surface area contributed by atoms with Crippen LogP contribution in [0.15, 0.2) is 24.4 Å². The van der Waals surface area contributed by atoms with Gasteiger partial charge in [-0.2, -0.15) is 0 Å². The van der Waals surface area contributed by atoms with Gasteiger partial charge in [0.25, 0.3) is 0 Å². The highest BCUT2D eigenvalue weighted by Crippen LogP contribution is 2.31. The van der Waals surface area contributed by atoms with Crippen LogP contribution in [0.25, 0.3) is 11.4 Å². The van der Waals surface area contributed by atoms with Gasteiger partial charge in [0.2, 0.25) is 0 Å². The maximum absolute atomic E-state index is 5.79. The van der Waals surface area contributed by atoms with Crippen molar-refractivity contribution in [3.05, 3.63) is 30.0 Å². The van der Waals surface area contributed by atoms with Crippen LogP contribution in [0, 0.1) is 6.92 Å². The van der Waals surface area contributed by atoms with Gasteiger partial charge in [-0.3, -0.25) is 0 Å². The summed E-state index contributed by atoms with van der Waals surface area (Å²) in [7, 11) is 3.20. The van der Waals surface area contributed by atoms with Crippen LogP contribution in [0.5, 0.6) is 11.5 Å². The van der Waals surface area contributed by atoms with Gasteiger partial charge in [0.05, 0.1) is 19.8 Å². The Morgan fingerprint density at radius 2 is 1.94 bits per heavy atom. The highest BCUT2D eigenvalue weighted by Gasteiger charge is 2.11. The third-order valence-corrected chi connectivity index (χ3v) is 2.66. The number of nitrogen functional groups attached to an aromatic ring is 1. The van der Waals surface area contributed by atoms with Gasteiger partial charge in [-0.15, -0.1) is 0 Å². The van der Waals surface area contributed by atoms with E-state index in [9.17, 15) is 0 Å². The molecule has 5 nitrogen and oxygen atoms in total. The van der Waals surface area contributed by atoms with Crippen molar-refractivity contribution in [3.8, 4) is 22.9 Å². The summed E-state index contributed by atoms with van der Waals surface area (Å²) >= 11 is 0. The Bertz CT molecular complexity index is 570. The van der Waals surface area contributed by atoms with E-state index in [1.54, 1.807) is 26.5 Å². The molecule has 18 heavy (non-hydrogen) atoms. The van der Waals surface area contributed by atoms with Crippen LogP contribution in [-0.4, -0.2) is 24.2 Å². The first-order valence-electron chi connectivity index (χ1n) is 5.47. The molecular weight excluding hydrogens is 230 g/mol. The van der Waals surface area contributed by atoms with Crippen molar-refractivity contribution in [2.45, 2.75) is 6.92 Å². The Balaban J connectivity index is 2.52. The van der Waals surface area contributed by atoms with Gasteiger partial charge in [-0.25, -0.2) is 9.97 Å². The van der Waals surface area contributed by atoms with Crippen molar-refractivity contribution >= 4 is 5.82 Å². The standard InChI is InChI=1S/C13H15N3O2/c1-8-7-15-13(16-12(8)14)10-5-4-9(17-2)6-11(10)18-3/h4-7H,1-3H3,(H2,14,15,16). The van der Waals surface area contributed by atoms with E-state index >= 15 is 0 Å². The highest BCUT2D eigenvalue weighted by molar-refractivity contribution is 5.66. The van der Waals surface area contributed by atoms with E-state index in [-0.39, 0.29) is 0 Å². The normalized spacial score (nSPS) is 10.2. The van der Waals surface area contributed by atoms with Crippen LogP contribution < -0.4 is 15.2 Å². The second-order valence-electron chi connectivity index (χ2n) is 3.83. The lowest BCUT2D eigenvalue weighted by Gasteiger charge is -2.10. The molecule has 0 aliphatic carbocycles. The second kappa shape index (κ2) is 4.91. The molecule has 2 aromatic rings. The van der Waals surface area contributed by atoms with Crippen molar-refractivity contribution in [3.63, 3.8) is 0 Å². The van der Waals surface area contributed by atoms with Gasteiger partial charge in [-0.05, 0) is 19.1 Å². The minimum absolute atomic E-state index is 0.470. The molecule has 1 aromatic heterocycles. The molecule has 5 heteroatoms. The molecular formula is C13H15N3O2. The predicted molar refractivity (Wildman–Crippen MR) is 69.7 cm³/mol. The molecule has 0 saturated carbocycles. The zero-order valence-electron chi connectivity index (χ0n) is 10.6. The van der Waals surface area contributed by atoms with Crippen LogP contribution in [0.1, 0.15) is 5.56 Å². The summed E-state index contributed by atoms with van der Waals surface area (Å²) in [5.41, 5.74) is 7.42. The van der Waals surface area contributed by atoms with Crippen molar-refractivity contribution in [2.75, 3.05) is 20.0 Å². The fourth-order valence-electron chi connectivity index (χ4n) is 1.57. The monoisotopic (exact) mass is 245 g/mol. The minimum atomic E-state index is 0.470. The second-order valence-corrected chi connectivity index (χ2v) is 3.83. The summed E-state index contributed by atoms with van der Waals surface area (Å²) in [5, 5.41) is 0. The maximum Gasteiger partial charge on any atom is 0.165 e. The Hall–Kier alpha value is -2.30. The van der Waals surface area contributed by atoms with Crippen molar-refractivity contribution < 1.29 is 9.47 Å². The van der Waals surface area contributed by atoms with E-state index in [1.807, 2.05) is 19.1 Å². The van der Waals surface area contributed by atoms with Gasteiger partial charge in [0.15, 0.2) is 5.82 Å². The average Bonchev–Trinajstić information content (AvgIpc) is 2.41. The number of nitrogens with two attached hydrogens (primary N) is 1. The number of nitrogens with zero attached hydrogens (tertiary/aromatic N) is 2. The Morgan fingerprint density at radius 3 is 2.56 bits per heavy atom. The number of aromatic nitrogens is 2. The molecule has 0 aliphatic heterocycles. The molecule has 0 bridgehead atoms. The van der Waals surface area contributed by atoms with Gasteiger partial charge >= 0.3 is 0 Å². The van der Waals surface area contributed by atoms with Crippen LogP contribution >= 0.6 is 0 Å². The molecule has 2 N–H and O–H groups in total. The van der Waals surface area contributed by atoms with Crippen LogP contribution in [0.4, 0.5) is 5.82 Å². The van der Waals surface area contributed by atoms with E-state index in [1.165, 1.54) is 0 Å². The molecule has 1 aromatic carbocycles.